The lowest BCUT2D eigenvalue weighted by molar-refractivity contribution is 0.122. The monoisotopic (exact) mass is 138 g/mol. The minimum Gasteiger partial charge on any atom is -0.377 e. The summed E-state index contributed by atoms with van der Waals surface area (Å²) < 4.78 is 5.33. The molecule has 0 aromatic rings. The van der Waals surface area contributed by atoms with Crippen LogP contribution < -0.4 is 0 Å². The third kappa shape index (κ3) is 1.99. The molecule has 1 aliphatic heterocycles. The zero-order chi connectivity index (χ0) is 7.40. The first-order valence-corrected chi connectivity index (χ1v) is 3.71. The summed E-state index contributed by atoms with van der Waals surface area (Å²) in [6, 6.07) is 0. The SMILES string of the molecule is C=CCC1=CC(C)COC1. The Bertz CT molecular complexity index is 147. The normalized spacial score (nSPS) is 25.7. The molecule has 1 aliphatic rings. The van der Waals surface area contributed by atoms with Crippen molar-refractivity contribution in [1.82, 2.24) is 0 Å². The number of hydrogen-bond acceptors (Lipinski definition) is 1. The molecule has 1 heterocycles. The fourth-order valence-electron chi connectivity index (χ4n) is 1.19. The van der Waals surface area contributed by atoms with Crippen LogP contribution >= 0.6 is 0 Å². The molecular weight excluding hydrogens is 124 g/mol. The van der Waals surface area contributed by atoms with Gasteiger partial charge in [-0.1, -0.05) is 19.1 Å². The van der Waals surface area contributed by atoms with Crippen molar-refractivity contribution in [3.05, 3.63) is 24.3 Å². The fraction of sp³-hybridized carbons (Fsp3) is 0.556. The van der Waals surface area contributed by atoms with E-state index in [0.717, 1.165) is 19.6 Å². The average Bonchev–Trinajstić information content (AvgIpc) is 1.88. The first-order valence-electron chi connectivity index (χ1n) is 3.71. The molecule has 0 saturated heterocycles. The molecule has 0 bridgehead atoms. The van der Waals surface area contributed by atoms with Gasteiger partial charge in [0.15, 0.2) is 0 Å². The van der Waals surface area contributed by atoms with E-state index in [0.29, 0.717) is 5.92 Å². The standard InChI is InChI=1S/C9H14O/c1-3-4-9-5-8(2)6-10-7-9/h3,5,8H,1,4,6-7H2,2H3. The van der Waals surface area contributed by atoms with Crippen LogP contribution in [0, 0.1) is 5.92 Å². The molecule has 56 valence electrons. The van der Waals surface area contributed by atoms with Crippen LogP contribution in [0.3, 0.4) is 0 Å². The summed E-state index contributed by atoms with van der Waals surface area (Å²) >= 11 is 0. The van der Waals surface area contributed by atoms with Gasteiger partial charge >= 0.3 is 0 Å². The first kappa shape index (κ1) is 7.55. The maximum atomic E-state index is 5.33. The second-order valence-electron chi connectivity index (χ2n) is 2.81. The van der Waals surface area contributed by atoms with Gasteiger partial charge in [-0.25, -0.2) is 0 Å². The van der Waals surface area contributed by atoms with Gasteiger partial charge in [-0.05, 0) is 17.9 Å². The molecule has 0 radical (unpaired) electrons. The molecule has 0 fully saturated rings. The summed E-state index contributed by atoms with van der Waals surface area (Å²) in [4.78, 5) is 0. The summed E-state index contributed by atoms with van der Waals surface area (Å²) in [6.45, 7) is 7.53. The second-order valence-corrected chi connectivity index (χ2v) is 2.81. The molecule has 1 nitrogen and oxygen atoms in total. The molecule has 10 heavy (non-hydrogen) atoms. The van der Waals surface area contributed by atoms with Crippen molar-refractivity contribution in [2.45, 2.75) is 13.3 Å². The van der Waals surface area contributed by atoms with E-state index in [1.165, 1.54) is 5.57 Å². The second kappa shape index (κ2) is 3.57. The van der Waals surface area contributed by atoms with E-state index in [1.54, 1.807) is 0 Å². The average molecular weight is 138 g/mol. The zero-order valence-electron chi connectivity index (χ0n) is 6.47. The smallest absolute Gasteiger partial charge is 0.0680 e. The highest BCUT2D eigenvalue weighted by Crippen LogP contribution is 2.13. The number of allylic oxidation sites excluding steroid dienone is 1. The van der Waals surface area contributed by atoms with Crippen LogP contribution in [0.2, 0.25) is 0 Å². The number of ether oxygens (including phenoxy) is 1. The van der Waals surface area contributed by atoms with Gasteiger partial charge in [-0.2, -0.15) is 0 Å². The quantitative estimate of drug-likeness (QED) is 0.531. The molecule has 0 aromatic heterocycles. The van der Waals surface area contributed by atoms with E-state index in [1.807, 2.05) is 6.08 Å². The van der Waals surface area contributed by atoms with Crippen molar-refractivity contribution in [3.8, 4) is 0 Å². The molecule has 0 N–H and O–H groups in total. The Kier molecular flexibility index (Phi) is 2.69. The van der Waals surface area contributed by atoms with Gasteiger partial charge in [0.1, 0.15) is 0 Å². The van der Waals surface area contributed by atoms with Gasteiger partial charge in [0.25, 0.3) is 0 Å². The Balaban J connectivity index is 2.48. The molecule has 0 aliphatic carbocycles. The molecule has 0 spiro atoms. The van der Waals surface area contributed by atoms with Crippen LogP contribution in [-0.4, -0.2) is 13.2 Å². The van der Waals surface area contributed by atoms with Crippen molar-refractivity contribution in [2.75, 3.05) is 13.2 Å². The molecule has 1 heteroatoms. The summed E-state index contributed by atoms with van der Waals surface area (Å²) in [7, 11) is 0. The zero-order valence-corrected chi connectivity index (χ0v) is 6.47. The maximum absolute atomic E-state index is 5.33. The highest BCUT2D eigenvalue weighted by molar-refractivity contribution is 5.10. The van der Waals surface area contributed by atoms with Crippen LogP contribution in [0.5, 0.6) is 0 Å². The fourth-order valence-corrected chi connectivity index (χ4v) is 1.19. The van der Waals surface area contributed by atoms with Gasteiger partial charge in [0, 0.05) is 0 Å². The number of rotatable bonds is 2. The summed E-state index contributed by atoms with van der Waals surface area (Å²) in [5.74, 6) is 0.587. The van der Waals surface area contributed by atoms with E-state index in [2.05, 4.69) is 19.6 Å². The topological polar surface area (TPSA) is 9.23 Å². The van der Waals surface area contributed by atoms with Gasteiger partial charge < -0.3 is 4.74 Å². The highest BCUT2D eigenvalue weighted by atomic mass is 16.5. The van der Waals surface area contributed by atoms with Gasteiger partial charge in [-0.15, -0.1) is 6.58 Å². The summed E-state index contributed by atoms with van der Waals surface area (Å²) in [5.41, 5.74) is 1.37. The van der Waals surface area contributed by atoms with E-state index in [-0.39, 0.29) is 0 Å². The molecule has 0 aromatic carbocycles. The van der Waals surface area contributed by atoms with Crippen LogP contribution in [-0.2, 0) is 4.74 Å². The van der Waals surface area contributed by atoms with Crippen molar-refractivity contribution >= 4 is 0 Å². The predicted molar refractivity (Wildman–Crippen MR) is 42.9 cm³/mol. The Morgan fingerprint density at radius 1 is 1.90 bits per heavy atom. The summed E-state index contributed by atoms with van der Waals surface area (Å²) in [5, 5.41) is 0. The molecule has 1 atom stereocenters. The van der Waals surface area contributed by atoms with E-state index in [9.17, 15) is 0 Å². The Hall–Kier alpha value is -0.560. The minimum atomic E-state index is 0.587. The molecule has 1 unspecified atom stereocenters. The lowest BCUT2D eigenvalue weighted by Crippen LogP contribution is -2.13. The van der Waals surface area contributed by atoms with Gasteiger partial charge in [-0.3, -0.25) is 0 Å². The molecule has 0 amide bonds. The Morgan fingerprint density at radius 2 is 2.70 bits per heavy atom. The third-order valence-corrected chi connectivity index (χ3v) is 1.59. The molecular formula is C9H14O. The van der Waals surface area contributed by atoms with Crippen LogP contribution in [0.1, 0.15) is 13.3 Å². The highest BCUT2D eigenvalue weighted by Gasteiger charge is 2.07. The van der Waals surface area contributed by atoms with Crippen LogP contribution in [0.15, 0.2) is 24.3 Å². The van der Waals surface area contributed by atoms with Gasteiger partial charge in [0.05, 0.1) is 13.2 Å². The lowest BCUT2D eigenvalue weighted by Gasteiger charge is -2.17. The first-order chi connectivity index (χ1) is 4.83. The minimum absolute atomic E-state index is 0.587. The van der Waals surface area contributed by atoms with E-state index >= 15 is 0 Å². The van der Waals surface area contributed by atoms with Crippen molar-refractivity contribution in [1.29, 1.82) is 0 Å². The Morgan fingerprint density at radius 3 is 3.30 bits per heavy atom. The largest absolute Gasteiger partial charge is 0.377 e. The predicted octanol–water partition coefficient (Wildman–Crippen LogP) is 2.16. The molecule has 1 rings (SSSR count). The van der Waals surface area contributed by atoms with Crippen molar-refractivity contribution < 1.29 is 4.74 Å². The van der Waals surface area contributed by atoms with Crippen LogP contribution in [0.4, 0.5) is 0 Å². The van der Waals surface area contributed by atoms with E-state index in [4.69, 9.17) is 4.74 Å². The Labute approximate surface area is 62.4 Å². The summed E-state index contributed by atoms with van der Waals surface area (Å²) in [6.07, 6.45) is 5.18. The van der Waals surface area contributed by atoms with Crippen LogP contribution in [0.25, 0.3) is 0 Å². The number of hydrogen-bond donors (Lipinski definition) is 0. The lowest BCUT2D eigenvalue weighted by atomic mass is 10.0. The van der Waals surface area contributed by atoms with E-state index < -0.39 is 0 Å². The van der Waals surface area contributed by atoms with Gasteiger partial charge in [0.2, 0.25) is 0 Å². The third-order valence-electron chi connectivity index (χ3n) is 1.59. The van der Waals surface area contributed by atoms with Crippen molar-refractivity contribution in [2.24, 2.45) is 5.92 Å². The maximum Gasteiger partial charge on any atom is 0.0680 e. The molecule has 0 saturated carbocycles. The van der Waals surface area contributed by atoms with Crippen molar-refractivity contribution in [3.63, 3.8) is 0 Å².